The van der Waals surface area contributed by atoms with Gasteiger partial charge in [-0.2, -0.15) is 5.26 Å². The highest BCUT2D eigenvalue weighted by atomic mass is 79.9. The van der Waals surface area contributed by atoms with Crippen molar-refractivity contribution in [1.82, 2.24) is 0 Å². The van der Waals surface area contributed by atoms with Crippen LogP contribution in [0.25, 0.3) is 0 Å². The molecular formula is C10H13BrN2. The summed E-state index contributed by atoms with van der Waals surface area (Å²) in [5.41, 5.74) is 5.59. The van der Waals surface area contributed by atoms with Gasteiger partial charge in [0.05, 0.1) is 16.1 Å². The summed E-state index contributed by atoms with van der Waals surface area (Å²) < 4.78 is 0.548. The third-order valence-electron chi connectivity index (χ3n) is 1.64. The zero-order valence-electron chi connectivity index (χ0n) is 7.84. The summed E-state index contributed by atoms with van der Waals surface area (Å²) in [5.74, 6) is 0. The first-order valence-corrected chi connectivity index (χ1v) is 4.59. The standard InChI is InChI=1S/C10H13BrN2/c1-8(10(2,3)7-12)5-4-6-9(11)13/h4-6H,1,13H2,2-3H3/b5-4-,9-6-. The monoisotopic (exact) mass is 240 g/mol. The highest BCUT2D eigenvalue weighted by Crippen LogP contribution is 2.24. The Balaban J connectivity index is 4.43. The van der Waals surface area contributed by atoms with Crippen molar-refractivity contribution >= 4 is 15.9 Å². The van der Waals surface area contributed by atoms with Crippen LogP contribution in [0.15, 0.2) is 35.0 Å². The van der Waals surface area contributed by atoms with E-state index in [4.69, 9.17) is 11.0 Å². The zero-order chi connectivity index (χ0) is 10.5. The third kappa shape index (κ3) is 4.54. The Labute approximate surface area is 87.6 Å². The first-order valence-electron chi connectivity index (χ1n) is 3.80. The lowest BCUT2D eigenvalue weighted by molar-refractivity contribution is 0.615. The first-order chi connectivity index (χ1) is 5.90. The fourth-order valence-electron chi connectivity index (χ4n) is 0.536. The fraction of sp³-hybridized carbons (Fsp3) is 0.300. The minimum absolute atomic E-state index is 0.522. The van der Waals surface area contributed by atoms with Crippen molar-refractivity contribution in [2.75, 3.05) is 0 Å². The molecule has 2 N–H and O–H groups in total. The Bertz CT molecular complexity index is 289. The van der Waals surface area contributed by atoms with E-state index in [2.05, 4.69) is 28.6 Å². The molecule has 0 bridgehead atoms. The number of hydrogen-bond acceptors (Lipinski definition) is 2. The van der Waals surface area contributed by atoms with Crippen LogP contribution in [0, 0.1) is 16.7 Å². The van der Waals surface area contributed by atoms with Gasteiger partial charge in [0.2, 0.25) is 0 Å². The van der Waals surface area contributed by atoms with Crippen LogP contribution < -0.4 is 5.73 Å². The smallest absolute Gasteiger partial charge is 0.0760 e. The number of rotatable bonds is 3. The summed E-state index contributed by atoms with van der Waals surface area (Å²) in [4.78, 5) is 0. The molecule has 2 nitrogen and oxygen atoms in total. The van der Waals surface area contributed by atoms with Crippen LogP contribution in [0.5, 0.6) is 0 Å². The van der Waals surface area contributed by atoms with Crippen LogP contribution in [0.1, 0.15) is 13.8 Å². The molecule has 0 aliphatic carbocycles. The van der Waals surface area contributed by atoms with Gasteiger partial charge in [-0.25, -0.2) is 0 Å². The fourth-order valence-corrected chi connectivity index (χ4v) is 0.689. The lowest BCUT2D eigenvalue weighted by atomic mass is 9.87. The van der Waals surface area contributed by atoms with E-state index in [0.717, 1.165) is 5.57 Å². The SMILES string of the molecule is C=C(/C=C\C=C(/N)Br)C(C)(C)C#N. The predicted octanol–water partition coefficient (Wildman–Crippen LogP) is 2.84. The maximum Gasteiger partial charge on any atom is 0.0760 e. The Hall–Kier alpha value is -1.01. The summed E-state index contributed by atoms with van der Waals surface area (Å²) in [7, 11) is 0. The van der Waals surface area contributed by atoms with Crippen LogP contribution in [-0.4, -0.2) is 0 Å². The molecule has 0 aromatic carbocycles. The summed E-state index contributed by atoms with van der Waals surface area (Å²) in [6, 6.07) is 2.16. The molecule has 0 saturated heterocycles. The van der Waals surface area contributed by atoms with Gasteiger partial charge in [0.15, 0.2) is 0 Å². The molecule has 0 rings (SSSR count). The van der Waals surface area contributed by atoms with Crippen LogP contribution in [0.4, 0.5) is 0 Å². The topological polar surface area (TPSA) is 49.8 Å². The largest absolute Gasteiger partial charge is 0.393 e. The molecule has 0 atom stereocenters. The lowest BCUT2D eigenvalue weighted by Crippen LogP contribution is -2.08. The highest BCUT2D eigenvalue weighted by Gasteiger charge is 2.18. The average molecular weight is 241 g/mol. The average Bonchev–Trinajstić information content (AvgIpc) is 2.03. The van der Waals surface area contributed by atoms with Crippen molar-refractivity contribution < 1.29 is 0 Å². The summed E-state index contributed by atoms with van der Waals surface area (Å²) >= 11 is 3.08. The predicted molar refractivity (Wildman–Crippen MR) is 58.9 cm³/mol. The van der Waals surface area contributed by atoms with E-state index < -0.39 is 5.41 Å². The molecule has 0 spiro atoms. The molecule has 0 unspecified atom stereocenters. The maximum absolute atomic E-state index is 8.78. The Morgan fingerprint density at radius 1 is 1.62 bits per heavy atom. The molecular weight excluding hydrogens is 228 g/mol. The van der Waals surface area contributed by atoms with Crippen molar-refractivity contribution in [2.45, 2.75) is 13.8 Å². The molecule has 3 heteroatoms. The van der Waals surface area contributed by atoms with E-state index in [9.17, 15) is 0 Å². The molecule has 0 heterocycles. The second kappa shape index (κ2) is 4.88. The van der Waals surface area contributed by atoms with Crippen molar-refractivity contribution in [3.8, 4) is 6.07 Å². The van der Waals surface area contributed by atoms with Gasteiger partial charge in [0.1, 0.15) is 0 Å². The van der Waals surface area contributed by atoms with Crippen molar-refractivity contribution in [3.05, 3.63) is 35.0 Å². The molecule has 0 aromatic heterocycles. The Kier molecular flexibility index (Phi) is 4.50. The molecule has 0 fully saturated rings. The highest BCUT2D eigenvalue weighted by molar-refractivity contribution is 9.11. The van der Waals surface area contributed by atoms with Crippen molar-refractivity contribution in [2.24, 2.45) is 11.1 Å². The van der Waals surface area contributed by atoms with E-state index in [1.54, 1.807) is 18.2 Å². The minimum atomic E-state index is -0.522. The second-order valence-electron chi connectivity index (χ2n) is 3.17. The van der Waals surface area contributed by atoms with Gasteiger partial charge >= 0.3 is 0 Å². The molecule has 70 valence electrons. The molecule has 0 aliphatic rings. The van der Waals surface area contributed by atoms with E-state index in [0.29, 0.717) is 4.61 Å². The van der Waals surface area contributed by atoms with Gasteiger partial charge in [0.25, 0.3) is 0 Å². The maximum atomic E-state index is 8.78. The lowest BCUT2D eigenvalue weighted by Gasteiger charge is -2.14. The Morgan fingerprint density at radius 3 is 2.54 bits per heavy atom. The van der Waals surface area contributed by atoms with E-state index in [-0.39, 0.29) is 0 Å². The molecule has 0 aliphatic heterocycles. The number of hydrogen-bond donors (Lipinski definition) is 1. The molecule has 0 saturated carbocycles. The van der Waals surface area contributed by atoms with Crippen LogP contribution in [-0.2, 0) is 0 Å². The number of nitrogens with two attached hydrogens (primary N) is 1. The number of halogens is 1. The number of nitriles is 1. The van der Waals surface area contributed by atoms with E-state index in [1.807, 2.05) is 13.8 Å². The Morgan fingerprint density at radius 2 is 2.15 bits per heavy atom. The minimum Gasteiger partial charge on any atom is -0.393 e. The second-order valence-corrected chi connectivity index (χ2v) is 4.09. The summed E-state index contributed by atoms with van der Waals surface area (Å²) in [6.45, 7) is 7.44. The zero-order valence-corrected chi connectivity index (χ0v) is 9.43. The molecule has 0 aromatic rings. The molecule has 0 radical (unpaired) electrons. The normalized spacial score (nSPS) is 12.9. The van der Waals surface area contributed by atoms with Crippen molar-refractivity contribution in [1.29, 1.82) is 5.26 Å². The van der Waals surface area contributed by atoms with Crippen LogP contribution in [0.3, 0.4) is 0 Å². The molecule has 0 amide bonds. The quantitative estimate of drug-likeness (QED) is 0.610. The van der Waals surface area contributed by atoms with E-state index >= 15 is 0 Å². The van der Waals surface area contributed by atoms with Gasteiger partial charge in [0, 0.05) is 0 Å². The van der Waals surface area contributed by atoms with Crippen LogP contribution in [0.2, 0.25) is 0 Å². The van der Waals surface area contributed by atoms with Gasteiger partial charge in [-0.1, -0.05) is 18.7 Å². The van der Waals surface area contributed by atoms with Crippen LogP contribution >= 0.6 is 15.9 Å². The van der Waals surface area contributed by atoms with Gasteiger partial charge < -0.3 is 5.73 Å². The van der Waals surface area contributed by atoms with Gasteiger partial charge in [-0.3, -0.25) is 0 Å². The van der Waals surface area contributed by atoms with Gasteiger partial charge in [-0.15, -0.1) is 0 Å². The number of allylic oxidation sites excluding steroid dienone is 4. The van der Waals surface area contributed by atoms with Gasteiger partial charge in [-0.05, 0) is 41.4 Å². The van der Waals surface area contributed by atoms with E-state index in [1.165, 1.54) is 0 Å². The molecule has 13 heavy (non-hydrogen) atoms. The summed E-state index contributed by atoms with van der Waals surface area (Å²) in [6.07, 6.45) is 5.22. The first kappa shape index (κ1) is 12.0. The third-order valence-corrected chi connectivity index (χ3v) is 1.90. The van der Waals surface area contributed by atoms with Crippen molar-refractivity contribution in [3.63, 3.8) is 0 Å². The number of nitrogens with zero attached hydrogens (tertiary/aromatic N) is 1. The summed E-state index contributed by atoms with van der Waals surface area (Å²) in [5, 5.41) is 8.78.